The molecule has 0 aromatic carbocycles. The van der Waals surface area contributed by atoms with E-state index in [1.807, 2.05) is 0 Å². The van der Waals surface area contributed by atoms with Gasteiger partial charge in [-0.2, -0.15) is 11.3 Å². The van der Waals surface area contributed by atoms with Crippen LogP contribution in [-0.2, 0) is 6.54 Å². The molecule has 0 atom stereocenters. The van der Waals surface area contributed by atoms with E-state index in [-0.39, 0.29) is 0 Å². The molecule has 0 radical (unpaired) electrons. The lowest BCUT2D eigenvalue weighted by Gasteiger charge is -2.14. The van der Waals surface area contributed by atoms with Crippen LogP contribution in [0.4, 0.5) is 0 Å². The van der Waals surface area contributed by atoms with E-state index in [1.54, 1.807) is 11.3 Å². The summed E-state index contributed by atoms with van der Waals surface area (Å²) in [6.07, 6.45) is 2.32. The zero-order valence-corrected chi connectivity index (χ0v) is 9.57. The van der Waals surface area contributed by atoms with Crippen molar-refractivity contribution < 1.29 is 0 Å². The monoisotopic (exact) mass is 217 g/mol. The number of rotatable bonds is 6. The number of hydrogen-bond donors (Lipinski definition) is 0. The second-order valence-corrected chi connectivity index (χ2v) is 4.42. The summed E-state index contributed by atoms with van der Waals surface area (Å²) in [4.78, 5) is 2.34. The number of halogens is 1. The van der Waals surface area contributed by atoms with Crippen LogP contribution in [0.25, 0.3) is 0 Å². The predicted octanol–water partition coefficient (Wildman–Crippen LogP) is 3.20. The molecule has 1 nitrogen and oxygen atoms in total. The minimum absolute atomic E-state index is 0.784. The summed E-state index contributed by atoms with van der Waals surface area (Å²) >= 11 is 7.37. The fourth-order valence-electron chi connectivity index (χ4n) is 1.25. The van der Waals surface area contributed by atoms with Crippen LogP contribution in [0, 0.1) is 0 Å². The molecule has 1 rings (SSSR count). The van der Waals surface area contributed by atoms with Crippen molar-refractivity contribution in [3.63, 3.8) is 0 Å². The third kappa shape index (κ3) is 4.65. The second-order valence-electron chi connectivity index (χ2n) is 3.27. The molecule has 0 spiro atoms. The van der Waals surface area contributed by atoms with Crippen LogP contribution in [0.3, 0.4) is 0 Å². The van der Waals surface area contributed by atoms with Gasteiger partial charge in [-0.15, -0.1) is 11.6 Å². The number of thiophene rings is 1. The summed E-state index contributed by atoms with van der Waals surface area (Å²) in [6.45, 7) is 2.20. The van der Waals surface area contributed by atoms with Crippen molar-refractivity contribution in [3.8, 4) is 0 Å². The number of nitrogens with zero attached hydrogens (tertiary/aromatic N) is 1. The van der Waals surface area contributed by atoms with Gasteiger partial charge in [-0.1, -0.05) is 0 Å². The highest BCUT2D eigenvalue weighted by atomic mass is 35.5. The normalized spacial score (nSPS) is 11.0. The third-order valence-corrected chi connectivity index (χ3v) is 2.96. The molecule has 0 aliphatic carbocycles. The third-order valence-electron chi connectivity index (χ3n) is 1.96. The van der Waals surface area contributed by atoms with E-state index in [0.29, 0.717) is 0 Å². The smallest absolute Gasteiger partial charge is 0.0238 e. The molecule has 1 heterocycles. The molecule has 0 unspecified atom stereocenters. The SMILES string of the molecule is CN(CCCCCl)Cc1ccsc1. The van der Waals surface area contributed by atoms with Gasteiger partial charge < -0.3 is 4.90 Å². The first-order valence-corrected chi connectivity index (χ1v) is 6.06. The summed E-state index contributed by atoms with van der Waals surface area (Å²) in [5, 5.41) is 4.33. The highest BCUT2D eigenvalue weighted by Crippen LogP contribution is 2.08. The van der Waals surface area contributed by atoms with Gasteiger partial charge in [-0.3, -0.25) is 0 Å². The maximum atomic E-state index is 5.61. The second kappa shape index (κ2) is 6.41. The first-order valence-electron chi connectivity index (χ1n) is 4.58. The Balaban J connectivity index is 2.14. The van der Waals surface area contributed by atoms with E-state index in [0.717, 1.165) is 25.4 Å². The molecule has 74 valence electrons. The zero-order chi connectivity index (χ0) is 9.52. The molecule has 0 aliphatic rings. The average molecular weight is 218 g/mol. The van der Waals surface area contributed by atoms with Crippen molar-refractivity contribution in [2.75, 3.05) is 19.5 Å². The molecule has 0 aliphatic heterocycles. The molecule has 0 amide bonds. The minimum Gasteiger partial charge on any atom is -0.302 e. The van der Waals surface area contributed by atoms with E-state index in [4.69, 9.17) is 11.6 Å². The first kappa shape index (κ1) is 11.0. The molecule has 0 N–H and O–H groups in total. The van der Waals surface area contributed by atoms with Gasteiger partial charge in [0, 0.05) is 12.4 Å². The maximum absolute atomic E-state index is 5.61. The Labute approximate surface area is 89.3 Å². The van der Waals surface area contributed by atoms with E-state index in [1.165, 1.54) is 12.0 Å². The Morgan fingerprint density at radius 3 is 2.92 bits per heavy atom. The Kier molecular flexibility index (Phi) is 5.44. The van der Waals surface area contributed by atoms with Crippen molar-refractivity contribution in [1.82, 2.24) is 4.90 Å². The summed E-state index contributed by atoms with van der Waals surface area (Å²) in [5.74, 6) is 0.784. The van der Waals surface area contributed by atoms with E-state index >= 15 is 0 Å². The predicted molar refractivity (Wildman–Crippen MR) is 60.6 cm³/mol. The Morgan fingerprint density at radius 2 is 2.31 bits per heavy atom. The van der Waals surface area contributed by atoms with Crippen molar-refractivity contribution >= 4 is 22.9 Å². The lowest BCUT2D eigenvalue weighted by Crippen LogP contribution is -2.18. The van der Waals surface area contributed by atoms with Crippen molar-refractivity contribution in [3.05, 3.63) is 22.4 Å². The van der Waals surface area contributed by atoms with Crippen molar-refractivity contribution in [1.29, 1.82) is 0 Å². The highest BCUT2D eigenvalue weighted by Gasteiger charge is 1.99. The fourth-order valence-corrected chi connectivity index (χ4v) is 2.10. The topological polar surface area (TPSA) is 3.24 Å². The number of alkyl halides is 1. The molecule has 13 heavy (non-hydrogen) atoms. The van der Waals surface area contributed by atoms with Gasteiger partial charge in [0.1, 0.15) is 0 Å². The summed E-state index contributed by atoms with van der Waals surface area (Å²) < 4.78 is 0. The molecule has 0 fully saturated rings. The van der Waals surface area contributed by atoms with Crippen LogP contribution < -0.4 is 0 Å². The van der Waals surface area contributed by atoms with Crippen LogP contribution in [0.5, 0.6) is 0 Å². The lowest BCUT2D eigenvalue weighted by atomic mass is 10.3. The van der Waals surface area contributed by atoms with Gasteiger partial charge in [0.25, 0.3) is 0 Å². The van der Waals surface area contributed by atoms with Gasteiger partial charge in [0.05, 0.1) is 0 Å². The van der Waals surface area contributed by atoms with E-state index in [9.17, 15) is 0 Å². The summed E-state index contributed by atoms with van der Waals surface area (Å²) in [7, 11) is 2.16. The molecule has 1 aromatic heterocycles. The molecule has 0 bridgehead atoms. The Bertz CT molecular complexity index is 211. The van der Waals surface area contributed by atoms with Gasteiger partial charge >= 0.3 is 0 Å². The van der Waals surface area contributed by atoms with Gasteiger partial charge in [-0.05, 0) is 48.8 Å². The summed E-state index contributed by atoms with van der Waals surface area (Å²) in [5.41, 5.74) is 1.42. The number of unbranched alkanes of at least 4 members (excludes halogenated alkanes) is 1. The Hall–Kier alpha value is -0.0500. The van der Waals surface area contributed by atoms with Crippen LogP contribution in [0.1, 0.15) is 18.4 Å². The Morgan fingerprint density at radius 1 is 1.46 bits per heavy atom. The van der Waals surface area contributed by atoms with Gasteiger partial charge in [0.15, 0.2) is 0 Å². The molecular formula is C10H16ClNS. The van der Waals surface area contributed by atoms with Crippen LogP contribution >= 0.6 is 22.9 Å². The molecule has 1 aromatic rings. The summed E-state index contributed by atoms with van der Waals surface area (Å²) in [6, 6.07) is 2.18. The standard InChI is InChI=1S/C10H16ClNS/c1-12(6-3-2-5-11)8-10-4-7-13-9-10/h4,7,9H,2-3,5-6,8H2,1H3. The van der Waals surface area contributed by atoms with E-state index < -0.39 is 0 Å². The van der Waals surface area contributed by atoms with Crippen LogP contribution in [0.2, 0.25) is 0 Å². The van der Waals surface area contributed by atoms with Crippen LogP contribution in [0.15, 0.2) is 16.8 Å². The van der Waals surface area contributed by atoms with Crippen LogP contribution in [-0.4, -0.2) is 24.4 Å². The average Bonchev–Trinajstić information content (AvgIpc) is 2.57. The molecule has 3 heteroatoms. The van der Waals surface area contributed by atoms with Gasteiger partial charge in [0.2, 0.25) is 0 Å². The zero-order valence-electron chi connectivity index (χ0n) is 8.00. The van der Waals surface area contributed by atoms with Crippen molar-refractivity contribution in [2.45, 2.75) is 19.4 Å². The first-order chi connectivity index (χ1) is 6.33. The van der Waals surface area contributed by atoms with Crippen molar-refractivity contribution in [2.24, 2.45) is 0 Å². The van der Waals surface area contributed by atoms with Gasteiger partial charge in [-0.25, -0.2) is 0 Å². The number of hydrogen-bond acceptors (Lipinski definition) is 2. The largest absolute Gasteiger partial charge is 0.302 e. The highest BCUT2D eigenvalue weighted by molar-refractivity contribution is 7.07. The minimum atomic E-state index is 0.784. The molecule has 0 saturated heterocycles. The van der Waals surface area contributed by atoms with E-state index in [2.05, 4.69) is 28.8 Å². The maximum Gasteiger partial charge on any atom is 0.0238 e. The molecular weight excluding hydrogens is 202 g/mol. The quantitative estimate of drug-likeness (QED) is 0.523. The molecule has 0 saturated carbocycles. The lowest BCUT2D eigenvalue weighted by molar-refractivity contribution is 0.321. The fraction of sp³-hybridized carbons (Fsp3) is 0.600.